The summed E-state index contributed by atoms with van der Waals surface area (Å²) in [5.41, 5.74) is 1.61. The van der Waals surface area contributed by atoms with Crippen LogP contribution < -0.4 is 5.32 Å². The van der Waals surface area contributed by atoms with Crippen LogP contribution in [-0.2, 0) is 13.1 Å². The molecule has 4 heterocycles. The van der Waals surface area contributed by atoms with Gasteiger partial charge in [-0.05, 0) is 26.0 Å². The zero-order chi connectivity index (χ0) is 22.3. The van der Waals surface area contributed by atoms with Gasteiger partial charge < -0.3 is 14.6 Å². The number of fused-ring (bicyclic) bond motifs is 1. The van der Waals surface area contributed by atoms with E-state index >= 15 is 0 Å². The third kappa shape index (κ3) is 4.04. The van der Waals surface area contributed by atoms with Gasteiger partial charge in [-0.1, -0.05) is 0 Å². The number of hydrogen-bond donors (Lipinski definition) is 1. The van der Waals surface area contributed by atoms with Crippen molar-refractivity contribution in [3.8, 4) is 0 Å². The number of carbonyl (C=O) groups is 1. The van der Waals surface area contributed by atoms with Crippen molar-refractivity contribution in [3.05, 3.63) is 53.4 Å². The summed E-state index contributed by atoms with van der Waals surface area (Å²) < 4.78 is 49.1. The molecule has 31 heavy (non-hydrogen) atoms. The summed E-state index contributed by atoms with van der Waals surface area (Å²) in [7, 11) is 1.59. The van der Waals surface area contributed by atoms with E-state index in [1.165, 1.54) is 17.2 Å². The normalized spacial score (nSPS) is 18.5. The van der Waals surface area contributed by atoms with Crippen molar-refractivity contribution in [2.75, 3.05) is 12.4 Å². The van der Waals surface area contributed by atoms with Gasteiger partial charge in [0.2, 0.25) is 0 Å². The smallest absolute Gasteiger partial charge is 0.410 e. The minimum Gasteiger partial charge on any atom is -0.467 e. The van der Waals surface area contributed by atoms with Gasteiger partial charge in [-0.15, -0.1) is 0 Å². The number of alkyl halides is 3. The van der Waals surface area contributed by atoms with Gasteiger partial charge in [-0.25, -0.2) is 4.68 Å². The Bertz CT molecular complexity index is 1070. The molecule has 0 spiro atoms. The molecule has 1 aliphatic heterocycles. The number of hydrogen-bond acceptors (Lipinski definition) is 5. The molecule has 0 radical (unpaired) electrons. The fraction of sp³-hybridized carbons (Fsp3) is 0.450. The molecule has 0 saturated heterocycles. The van der Waals surface area contributed by atoms with Crippen LogP contribution in [0.25, 0.3) is 0 Å². The number of aromatic nitrogens is 4. The van der Waals surface area contributed by atoms with E-state index in [2.05, 4.69) is 15.5 Å². The van der Waals surface area contributed by atoms with Gasteiger partial charge in [0.25, 0.3) is 5.91 Å². The molecule has 1 aliphatic rings. The summed E-state index contributed by atoms with van der Waals surface area (Å²) >= 11 is 0. The van der Waals surface area contributed by atoms with Gasteiger partial charge >= 0.3 is 6.18 Å². The minimum atomic E-state index is -4.52. The average molecular weight is 436 g/mol. The highest BCUT2D eigenvalue weighted by molar-refractivity contribution is 5.93. The van der Waals surface area contributed by atoms with Gasteiger partial charge in [0.15, 0.2) is 11.7 Å². The fourth-order valence-electron chi connectivity index (χ4n) is 3.75. The SMILES string of the molecule is CCn1cc(CN(C)C(=O)c2cc3n(n2)[C@@H](C(F)(F)F)C[C@H](c2ccco2)N3)c(C)n1. The van der Waals surface area contributed by atoms with Crippen LogP contribution in [0, 0.1) is 6.92 Å². The first kappa shape index (κ1) is 21.0. The molecular weight excluding hydrogens is 413 g/mol. The Balaban J connectivity index is 1.59. The second kappa shape index (κ2) is 7.78. The Morgan fingerprint density at radius 1 is 1.39 bits per heavy atom. The third-order valence-electron chi connectivity index (χ3n) is 5.42. The highest BCUT2D eigenvalue weighted by Crippen LogP contribution is 2.43. The van der Waals surface area contributed by atoms with Crippen LogP contribution in [0.15, 0.2) is 35.1 Å². The lowest BCUT2D eigenvalue weighted by molar-refractivity contribution is -0.174. The van der Waals surface area contributed by atoms with Crippen LogP contribution in [0.1, 0.15) is 52.9 Å². The Morgan fingerprint density at radius 2 is 2.16 bits per heavy atom. The number of aryl methyl sites for hydroxylation is 2. The molecule has 1 N–H and O–H groups in total. The van der Waals surface area contributed by atoms with Crippen molar-refractivity contribution < 1.29 is 22.4 Å². The molecule has 0 saturated carbocycles. The molecular formula is C20H23F3N6O2. The Kier molecular flexibility index (Phi) is 5.28. The number of furan rings is 1. The zero-order valence-corrected chi connectivity index (χ0v) is 17.3. The summed E-state index contributed by atoms with van der Waals surface area (Å²) in [5.74, 6) is 0.0552. The lowest BCUT2D eigenvalue weighted by Gasteiger charge is -2.32. The molecule has 0 unspecified atom stereocenters. The summed E-state index contributed by atoms with van der Waals surface area (Å²) in [5, 5.41) is 11.4. The van der Waals surface area contributed by atoms with E-state index in [1.807, 2.05) is 20.0 Å². The zero-order valence-electron chi connectivity index (χ0n) is 17.3. The second-order valence-corrected chi connectivity index (χ2v) is 7.62. The van der Waals surface area contributed by atoms with Crippen molar-refractivity contribution in [1.29, 1.82) is 0 Å². The first-order chi connectivity index (χ1) is 14.7. The molecule has 11 heteroatoms. The molecule has 0 fully saturated rings. The van der Waals surface area contributed by atoms with Crippen molar-refractivity contribution in [2.24, 2.45) is 0 Å². The Labute approximate surface area is 176 Å². The van der Waals surface area contributed by atoms with Crippen molar-refractivity contribution >= 4 is 11.7 Å². The predicted molar refractivity (Wildman–Crippen MR) is 105 cm³/mol. The third-order valence-corrected chi connectivity index (χ3v) is 5.42. The number of nitrogens with one attached hydrogen (secondary N) is 1. The van der Waals surface area contributed by atoms with Gasteiger partial charge in [-0.3, -0.25) is 9.48 Å². The van der Waals surface area contributed by atoms with Gasteiger partial charge in [-0.2, -0.15) is 23.4 Å². The quantitative estimate of drug-likeness (QED) is 0.656. The topological polar surface area (TPSA) is 81.1 Å². The molecule has 0 aliphatic carbocycles. The summed E-state index contributed by atoms with van der Waals surface area (Å²) in [6, 6.07) is 2.06. The number of carbonyl (C=O) groups excluding carboxylic acids is 1. The van der Waals surface area contributed by atoms with Crippen LogP contribution in [0.5, 0.6) is 0 Å². The molecule has 166 valence electrons. The summed E-state index contributed by atoms with van der Waals surface area (Å²) in [4.78, 5) is 14.3. The molecule has 0 bridgehead atoms. The molecule has 4 rings (SSSR count). The number of anilines is 1. The molecule has 1 amide bonds. The maximum atomic E-state index is 13.7. The largest absolute Gasteiger partial charge is 0.467 e. The van der Waals surface area contributed by atoms with E-state index in [4.69, 9.17) is 4.42 Å². The maximum absolute atomic E-state index is 13.7. The second-order valence-electron chi connectivity index (χ2n) is 7.62. The Morgan fingerprint density at radius 3 is 2.77 bits per heavy atom. The monoisotopic (exact) mass is 436 g/mol. The standard InChI is InChI=1S/C20H23F3N6O2/c1-4-28-11-13(12(2)25-28)10-27(3)19(30)15-9-18-24-14(16-6-5-7-31-16)8-17(20(21,22)23)29(18)26-15/h5-7,9,11,14,17,24H,4,8,10H2,1-3H3/t14-,17-/m1/s1. The first-order valence-electron chi connectivity index (χ1n) is 9.92. The fourth-order valence-corrected chi connectivity index (χ4v) is 3.75. The van der Waals surface area contributed by atoms with Crippen LogP contribution in [0.4, 0.5) is 19.0 Å². The highest BCUT2D eigenvalue weighted by Gasteiger charge is 2.47. The molecule has 0 aromatic carbocycles. The van der Waals surface area contributed by atoms with E-state index in [0.717, 1.165) is 15.9 Å². The van der Waals surface area contributed by atoms with Crippen molar-refractivity contribution in [3.63, 3.8) is 0 Å². The van der Waals surface area contributed by atoms with E-state index in [-0.39, 0.29) is 24.5 Å². The van der Waals surface area contributed by atoms with Gasteiger partial charge in [0.05, 0.1) is 18.0 Å². The number of nitrogens with zero attached hydrogens (tertiary/aromatic N) is 5. The molecule has 8 nitrogen and oxygen atoms in total. The highest BCUT2D eigenvalue weighted by atomic mass is 19.4. The summed E-state index contributed by atoms with van der Waals surface area (Å²) in [6.07, 6.45) is -1.54. The number of halogens is 3. The maximum Gasteiger partial charge on any atom is 0.410 e. The van der Waals surface area contributed by atoms with E-state index < -0.39 is 24.2 Å². The van der Waals surface area contributed by atoms with Crippen LogP contribution in [-0.4, -0.2) is 43.6 Å². The van der Waals surface area contributed by atoms with Crippen LogP contribution in [0.3, 0.4) is 0 Å². The lowest BCUT2D eigenvalue weighted by atomic mass is 10.0. The number of amides is 1. The van der Waals surface area contributed by atoms with Crippen LogP contribution >= 0.6 is 0 Å². The molecule has 3 aromatic heterocycles. The van der Waals surface area contributed by atoms with Gasteiger partial charge in [0, 0.05) is 44.4 Å². The van der Waals surface area contributed by atoms with Crippen molar-refractivity contribution in [1.82, 2.24) is 24.5 Å². The van der Waals surface area contributed by atoms with Crippen molar-refractivity contribution in [2.45, 2.75) is 51.6 Å². The van der Waals surface area contributed by atoms with E-state index in [0.29, 0.717) is 12.3 Å². The van der Waals surface area contributed by atoms with E-state index in [1.54, 1.807) is 23.9 Å². The predicted octanol–water partition coefficient (Wildman–Crippen LogP) is 3.93. The van der Waals surface area contributed by atoms with Crippen LogP contribution in [0.2, 0.25) is 0 Å². The average Bonchev–Trinajstić information content (AvgIpc) is 3.45. The van der Waals surface area contributed by atoms with Gasteiger partial charge in [0.1, 0.15) is 11.6 Å². The molecule has 2 atom stereocenters. The molecule has 3 aromatic rings. The number of rotatable bonds is 5. The Hall–Kier alpha value is -3.24. The lowest BCUT2D eigenvalue weighted by Crippen LogP contribution is -2.35. The summed E-state index contributed by atoms with van der Waals surface area (Å²) in [6.45, 7) is 4.79. The minimum absolute atomic E-state index is 0.0557. The van der Waals surface area contributed by atoms with E-state index in [9.17, 15) is 18.0 Å². The first-order valence-corrected chi connectivity index (χ1v) is 9.92.